The van der Waals surface area contributed by atoms with Crippen LogP contribution in [-0.2, 0) is 0 Å². The van der Waals surface area contributed by atoms with Crippen LogP contribution in [0.15, 0.2) is 42.5 Å². The van der Waals surface area contributed by atoms with Crippen molar-refractivity contribution in [1.82, 2.24) is 0 Å². The molecule has 0 saturated heterocycles. The minimum absolute atomic E-state index is 0.187. The fourth-order valence-corrected chi connectivity index (χ4v) is 1.67. The molecule has 0 saturated carbocycles. The van der Waals surface area contributed by atoms with E-state index < -0.39 is 5.97 Å². The van der Waals surface area contributed by atoms with Crippen molar-refractivity contribution in [2.45, 2.75) is 6.92 Å². The van der Waals surface area contributed by atoms with Crippen molar-refractivity contribution < 1.29 is 14.6 Å². The average molecular weight is 263 g/mol. The summed E-state index contributed by atoms with van der Waals surface area (Å²) in [6.45, 7) is 1.90. The van der Waals surface area contributed by atoms with Crippen LogP contribution >= 0.6 is 11.6 Å². The summed E-state index contributed by atoms with van der Waals surface area (Å²) in [6.07, 6.45) is 0. The summed E-state index contributed by atoms with van der Waals surface area (Å²) < 4.78 is 5.63. The lowest BCUT2D eigenvalue weighted by Crippen LogP contribution is -1.96. The molecule has 3 nitrogen and oxygen atoms in total. The molecule has 2 aromatic carbocycles. The van der Waals surface area contributed by atoms with Gasteiger partial charge in [0, 0.05) is 5.02 Å². The third-order valence-corrected chi connectivity index (χ3v) is 2.69. The molecule has 18 heavy (non-hydrogen) atoms. The van der Waals surface area contributed by atoms with Gasteiger partial charge in [0.15, 0.2) is 0 Å². The minimum Gasteiger partial charge on any atom is -0.478 e. The molecule has 0 aliphatic heterocycles. The molecule has 0 unspecified atom stereocenters. The molecule has 0 heterocycles. The molecule has 0 radical (unpaired) electrons. The molecule has 0 aromatic heterocycles. The molecule has 92 valence electrons. The summed E-state index contributed by atoms with van der Waals surface area (Å²) in [6, 6.07) is 11.6. The summed E-state index contributed by atoms with van der Waals surface area (Å²) in [4.78, 5) is 10.8. The molecular weight excluding hydrogens is 252 g/mol. The Morgan fingerprint density at radius 1 is 1.22 bits per heavy atom. The molecule has 2 rings (SSSR count). The second-order valence-electron chi connectivity index (χ2n) is 3.84. The van der Waals surface area contributed by atoms with Crippen molar-refractivity contribution in [3.63, 3.8) is 0 Å². The zero-order chi connectivity index (χ0) is 13.1. The van der Waals surface area contributed by atoms with Crippen LogP contribution in [0.1, 0.15) is 15.9 Å². The molecule has 0 aliphatic carbocycles. The van der Waals surface area contributed by atoms with Crippen LogP contribution in [0.2, 0.25) is 5.02 Å². The average Bonchev–Trinajstić information content (AvgIpc) is 2.34. The zero-order valence-electron chi connectivity index (χ0n) is 9.68. The number of hydrogen-bond acceptors (Lipinski definition) is 2. The first-order valence-corrected chi connectivity index (χ1v) is 5.71. The summed E-state index contributed by atoms with van der Waals surface area (Å²) in [5, 5.41) is 9.47. The second-order valence-corrected chi connectivity index (χ2v) is 4.28. The zero-order valence-corrected chi connectivity index (χ0v) is 10.4. The van der Waals surface area contributed by atoms with E-state index in [1.54, 1.807) is 24.3 Å². The first-order valence-electron chi connectivity index (χ1n) is 5.33. The molecule has 0 fully saturated rings. The highest BCUT2D eigenvalue weighted by Crippen LogP contribution is 2.28. The lowest BCUT2D eigenvalue weighted by molar-refractivity contribution is 0.0696. The maximum atomic E-state index is 10.8. The number of aryl methyl sites for hydroxylation is 1. The van der Waals surface area contributed by atoms with Crippen LogP contribution in [-0.4, -0.2) is 11.1 Å². The van der Waals surface area contributed by atoms with Crippen molar-refractivity contribution in [3.8, 4) is 11.5 Å². The van der Waals surface area contributed by atoms with Gasteiger partial charge in [0.2, 0.25) is 0 Å². The van der Waals surface area contributed by atoms with Crippen LogP contribution in [0.4, 0.5) is 0 Å². The largest absolute Gasteiger partial charge is 0.478 e. The third kappa shape index (κ3) is 2.81. The van der Waals surface area contributed by atoms with Crippen molar-refractivity contribution in [2.24, 2.45) is 0 Å². The molecule has 0 amide bonds. The number of benzene rings is 2. The van der Waals surface area contributed by atoms with Gasteiger partial charge in [-0.2, -0.15) is 0 Å². The standard InChI is InChI=1S/C14H11ClO3/c1-9-5-6-11(15)8-13(9)18-12-4-2-3-10(7-12)14(16)17/h2-8H,1H3,(H,16,17). The summed E-state index contributed by atoms with van der Waals surface area (Å²) in [5.41, 5.74) is 1.12. The van der Waals surface area contributed by atoms with E-state index in [1.807, 2.05) is 13.0 Å². The topological polar surface area (TPSA) is 46.5 Å². The number of aromatic carboxylic acids is 1. The van der Waals surface area contributed by atoms with E-state index in [0.29, 0.717) is 16.5 Å². The Labute approximate surface area is 110 Å². The number of ether oxygens (including phenoxy) is 1. The van der Waals surface area contributed by atoms with Gasteiger partial charge in [0.05, 0.1) is 5.56 Å². The summed E-state index contributed by atoms with van der Waals surface area (Å²) in [5.74, 6) is 0.105. The van der Waals surface area contributed by atoms with Gasteiger partial charge in [0.1, 0.15) is 11.5 Å². The first kappa shape index (κ1) is 12.5. The second kappa shape index (κ2) is 5.10. The van der Waals surface area contributed by atoms with E-state index >= 15 is 0 Å². The minimum atomic E-state index is -0.983. The highest BCUT2D eigenvalue weighted by Gasteiger charge is 2.06. The fraction of sp³-hybridized carbons (Fsp3) is 0.0714. The van der Waals surface area contributed by atoms with Crippen molar-refractivity contribution >= 4 is 17.6 Å². The maximum Gasteiger partial charge on any atom is 0.335 e. The number of hydrogen-bond donors (Lipinski definition) is 1. The van der Waals surface area contributed by atoms with Crippen molar-refractivity contribution in [2.75, 3.05) is 0 Å². The van der Waals surface area contributed by atoms with Gasteiger partial charge in [0.25, 0.3) is 0 Å². The first-order chi connectivity index (χ1) is 8.56. The summed E-state index contributed by atoms with van der Waals surface area (Å²) in [7, 11) is 0. The number of rotatable bonds is 3. The number of carbonyl (C=O) groups is 1. The predicted molar refractivity (Wildman–Crippen MR) is 69.7 cm³/mol. The molecule has 0 spiro atoms. The molecule has 4 heteroatoms. The van der Waals surface area contributed by atoms with Gasteiger partial charge in [-0.1, -0.05) is 23.7 Å². The lowest BCUT2D eigenvalue weighted by Gasteiger charge is -2.09. The van der Waals surface area contributed by atoms with E-state index in [1.165, 1.54) is 12.1 Å². The van der Waals surface area contributed by atoms with E-state index in [9.17, 15) is 4.79 Å². The lowest BCUT2D eigenvalue weighted by atomic mass is 10.2. The van der Waals surface area contributed by atoms with Crippen LogP contribution in [0.3, 0.4) is 0 Å². The molecule has 0 aliphatic rings. The highest BCUT2D eigenvalue weighted by atomic mass is 35.5. The number of carboxylic acids is 1. The monoisotopic (exact) mass is 262 g/mol. The maximum absolute atomic E-state index is 10.8. The Kier molecular flexibility index (Phi) is 3.53. The van der Waals surface area contributed by atoms with Crippen LogP contribution in [0.5, 0.6) is 11.5 Å². The van der Waals surface area contributed by atoms with Gasteiger partial charge >= 0.3 is 5.97 Å². The van der Waals surface area contributed by atoms with E-state index in [-0.39, 0.29) is 5.56 Å². The van der Waals surface area contributed by atoms with Crippen molar-refractivity contribution in [1.29, 1.82) is 0 Å². The highest BCUT2D eigenvalue weighted by molar-refractivity contribution is 6.30. The SMILES string of the molecule is Cc1ccc(Cl)cc1Oc1cccc(C(=O)O)c1. The third-order valence-electron chi connectivity index (χ3n) is 2.46. The Hall–Kier alpha value is -2.00. The molecule has 0 bridgehead atoms. The van der Waals surface area contributed by atoms with E-state index in [4.69, 9.17) is 21.4 Å². The van der Waals surface area contributed by atoms with Gasteiger partial charge in [-0.3, -0.25) is 0 Å². The smallest absolute Gasteiger partial charge is 0.335 e. The molecule has 0 atom stereocenters. The molecule has 2 aromatic rings. The normalized spacial score (nSPS) is 10.1. The molecular formula is C14H11ClO3. The van der Waals surface area contributed by atoms with Crippen LogP contribution < -0.4 is 4.74 Å². The van der Waals surface area contributed by atoms with E-state index in [0.717, 1.165) is 5.56 Å². The fourth-order valence-electron chi connectivity index (χ4n) is 1.50. The Morgan fingerprint density at radius 2 is 2.00 bits per heavy atom. The van der Waals surface area contributed by atoms with E-state index in [2.05, 4.69) is 0 Å². The van der Waals surface area contributed by atoms with Crippen molar-refractivity contribution in [3.05, 3.63) is 58.6 Å². The summed E-state index contributed by atoms with van der Waals surface area (Å²) >= 11 is 5.89. The quantitative estimate of drug-likeness (QED) is 0.904. The van der Waals surface area contributed by atoms with Gasteiger partial charge < -0.3 is 9.84 Å². The number of carboxylic acid groups (broad SMARTS) is 1. The Morgan fingerprint density at radius 3 is 2.72 bits per heavy atom. The van der Waals surface area contributed by atoms with Gasteiger partial charge in [-0.25, -0.2) is 4.79 Å². The molecule has 1 N–H and O–H groups in total. The van der Waals surface area contributed by atoms with Crippen LogP contribution in [0.25, 0.3) is 0 Å². The Bertz CT molecular complexity index is 593. The predicted octanol–water partition coefficient (Wildman–Crippen LogP) is 4.14. The van der Waals surface area contributed by atoms with Gasteiger partial charge in [-0.05, 0) is 42.8 Å². The number of halogens is 1. The Balaban J connectivity index is 2.31. The van der Waals surface area contributed by atoms with Gasteiger partial charge in [-0.15, -0.1) is 0 Å². The van der Waals surface area contributed by atoms with Crippen LogP contribution in [0, 0.1) is 6.92 Å².